The van der Waals surface area contributed by atoms with Crippen molar-refractivity contribution in [2.45, 2.75) is 13.3 Å². The van der Waals surface area contributed by atoms with Crippen LogP contribution in [-0.4, -0.2) is 26.2 Å². The molecule has 0 saturated carbocycles. The van der Waals surface area contributed by atoms with Gasteiger partial charge in [-0.15, -0.1) is 0 Å². The SMILES string of the molecule is COc1ccc(OCCNC(=O)Cc2ccccc2C)cc1. The summed E-state index contributed by atoms with van der Waals surface area (Å²) in [7, 11) is 1.62. The lowest BCUT2D eigenvalue weighted by Gasteiger charge is -2.09. The van der Waals surface area contributed by atoms with Gasteiger partial charge in [0.2, 0.25) is 5.91 Å². The van der Waals surface area contributed by atoms with Crippen LogP contribution in [0.3, 0.4) is 0 Å². The molecular weight excluding hydrogens is 278 g/mol. The summed E-state index contributed by atoms with van der Waals surface area (Å²) in [5.74, 6) is 1.56. The van der Waals surface area contributed by atoms with Gasteiger partial charge in [0.15, 0.2) is 0 Å². The Morgan fingerprint density at radius 1 is 1.05 bits per heavy atom. The standard InChI is InChI=1S/C18H21NO3/c1-14-5-3-4-6-15(14)13-18(20)19-11-12-22-17-9-7-16(21-2)8-10-17/h3-10H,11-13H2,1-2H3,(H,19,20). The van der Waals surface area contributed by atoms with E-state index < -0.39 is 0 Å². The van der Waals surface area contributed by atoms with Crippen molar-refractivity contribution in [3.05, 3.63) is 59.7 Å². The van der Waals surface area contributed by atoms with Crippen LogP contribution in [0.2, 0.25) is 0 Å². The van der Waals surface area contributed by atoms with Crippen molar-refractivity contribution >= 4 is 5.91 Å². The summed E-state index contributed by atoms with van der Waals surface area (Å²) >= 11 is 0. The number of hydrogen-bond donors (Lipinski definition) is 1. The Morgan fingerprint density at radius 2 is 1.73 bits per heavy atom. The number of ether oxygens (including phenoxy) is 2. The van der Waals surface area contributed by atoms with Crippen molar-refractivity contribution in [3.63, 3.8) is 0 Å². The van der Waals surface area contributed by atoms with E-state index in [9.17, 15) is 4.79 Å². The van der Waals surface area contributed by atoms with Gasteiger partial charge >= 0.3 is 0 Å². The summed E-state index contributed by atoms with van der Waals surface area (Å²) in [6.45, 7) is 2.93. The quantitative estimate of drug-likeness (QED) is 0.800. The van der Waals surface area contributed by atoms with Crippen LogP contribution < -0.4 is 14.8 Å². The number of nitrogens with one attached hydrogen (secondary N) is 1. The highest BCUT2D eigenvalue weighted by molar-refractivity contribution is 5.78. The van der Waals surface area contributed by atoms with E-state index in [0.717, 1.165) is 22.6 Å². The van der Waals surface area contributed by atoms with Gasteiger partial charge in [-0.05, 0) is 42.3 Å². The van der Waals surface area contributed by atoms with E-state index >= 15 is 0 Å². The van der Waals surface area contributed by atoms with Gasteiger partial charge in [-0.1, -0.05) is 24.3 Å². The summed E-state index contributed by atoms with van der Waals surface area (Å²) in [4.78, 5) is 11.9. The number of rotatable bonds is 7. The van der Waals surface area contributed by atoms with Crippen LogP contribution in [0.5, 0.6) is 11.5 Å². The third kappa shape index (κ3) is 4.81. The predicted octanol–water partition coefficient (Wildman–Crippen LogP) is 2.74. The van der Waals surface area contributed by atoms with Gasteiger partial charge in [0.25, 0.3) is 0 Å². The van der Waals surface area contributed by atoms with Crippen LogP contribution >= 0.6 is 0 Å². The average molecular weight is 299 g/mol. The van der Waals surface area contributed by atoms with E-state index in [4.69, 9.17) is 9.47 Å². The lowest BCUT2D eigenvalue weighted by Crippen LogP contribution is -2.29. The highest BCUT2D eigenvalue weighted by Gasteiger charge is 2.05. The molecule has 4 heteroatoms. The molecule has 0 atom stereocenters. The molecular formula is C18H21NO3. The van der Waals surface area contributed by atoms with Crippen molar-refractivity contribution in [1.29, 1.82) is 0 Å². The maximum absolute atomic E-state index is 11.9. The third-order valence-corrected chi connectivity index (χ3v) is 3.36. The molecule has 4 nitrogen and oxygen atoms in total. The van der Waals surface area contributed by atoms with E-state index in [0.29, 0.717) is 19.6 Å². The zero-order chi connectivity index (χ0) is 15.8. The first-order chi connectivity index (χ1) is 10.7. The van der Waals surface area contributed by atoms with Gasteiger partial charge in [0.1, 0.15) is 18.1 Å². The molecule has 0 aliphatic rings. The van der Waals surface area contributed by atoms with Gasteiger partial charge in [-0.25, -0.2) is 0 Å². The van der Waals surface area contributed by atoms with Crippen LogP contribution in [0.1, 0.15) is 11.1 Å². The Balaban J connectivity index is 1.69. The number of aryl methyl sites for hydroxylation is 1. The third-order valence-electron chi connectivity index (χ3n) is 3.36. The Hall–Kier alpha value is -2.49. The van der Waals surface area contributed by atoms with E-state index in [1.165, 1.54) is 0 Å². The molecule has 2 aromatic carbocycles. The van der Waals surface area contributed by atoms with Gasteiger partial charge in [-0.2, -0.15) is 0 Å². The van der Waals surface area contributed by atoms with E-state index in [-0.39, 0.29) is 5.91 Å². The predicted molar refractivity (Wildman–Crippen MR) is 86.4 cm³/mol. The number of hydrogen-bond acceptors (Lipinski definition) is 3. The van der Waals surface area contributed by atoms with Crippen LogP contribution in [0.4, 0.5) is 0 Å². The molecule has 1 amide bonds. The van der Waals surface area contributed by atoms with Crippen molar-refractivity contribution in [2.24, 2.45) is 0 Å². The van der Waals surface area contributed by atoms with Crippen molar-refractivity contribution in [1.82, 2.24) is 5.32 Å². The smallest absolute Gasteiger partial charge is 0.224 e. The topological polar surface area (TPSA) is 47.6 Å². The zero-order valence-corrected chi connectivity index (χ0v) is 13.0. The molecule has 2 rings (SSSR count). The molecule has 0 aliphatic carbocycles. The second-order valence-corrected chi connectivity index (χ2v) is 4.98. The van der Waals surface area contributed by atoms with Crippen LogP contribution in [0, 0.1) is 6.92 Å². The molecule has 0 aliphatic heterocycles. The summed E-state index contributed by atoms with van der Waals surface area (Å²) in [5.41, 5.74) is 2.18. The highest BCUT2D eigenvalue weighted by atomic mass is 16.5. The Labute approximate surface area is 131 Å². The summed E-state index contributed by atoms with van der Waals surface area (Å²) in [5, 5.41) is 2.86. The normalized spacial score (nSPS) is 10.1. The van der Waals surface area contributed by atoms with E-state index in [1.54, 1.807) is 7.11 Å². The number of methoxy groups -OCH3 is 1. The average Bonchev–Trinajstić information content (AvgIpc) is 2.54. The molecule has 0 heterocycles. The first kappa shape index (κ1) is 15.9. The monoisotopic (exact) mass is 299 g/mol. The number of carbonyl (C=O) groups excluding carboxylic acids is 1. The van der Waals surface area contributed by atoms with Gasteiger partial charge in [0.05, 0.1) is 20.1 Å². The second kappa shape index (κ2) is 8.08. The molecule has 116 valence electrons. The molecule has 22 heavy (non-hydrogen) atoms. The zero-order valence-electron chi connectivity index (χ0n) is 13.0. The fraction of sp³-hybridized carbons (Fsp3) is 0.278. The summed E-state index contributed by atoms with van der Waals surface area (Å²) in [6, 6.07) is 15.3. The molecule has 0 bridgehead atoms. The maximum Gasteiger partial charge on any atom is 0.224 e. The lowest BCUT2D eigenvalue weighted by atomic mass is 10.1. The minimum atomic E-state index is 0.00707. The first-order valence-corrected chi connectivity index (χ1v) is 7.27. The molecule has 1 N–H and O–H groups in total. The van der Waals surface area contributed by atoms with Crippen LogP contribution in [-0.2, 0) is 11.2 Å². The largest absolute Gasteiger partial charge is 0.497 e. The summed E-state index contributed by atoms with van der Waals surface area (Å²) in [6.07, 6.45) is 0.398. The molecule has 0 fully saturated rings. The van der Waals surface area contributed by atoms with Crippen molar-refractivity contribution < 1.29 is 14.3 Å². The lowest BCUT2D eigenvalue weighted by molar-refractivity contribution is -0.120. The van der Waals surface area contributed by atoms with E-state index in [1.807, 2.05) is 55.5 Å². The van der Waals surface area contributed by atoms with Crippen LogP contribution in [0.25, 0.3) is 0 Å². The molecule has 2 aromatic rings. The Bertz CT molecular complexity index is 608. The molecule has 0 saturated heterocycles. The minimum absolute atomic E-state index is 0.00707. The fourth-order valence-electron chi connectivity index (χ4n) is 2.08. The number of carbonyl (C=O) groups is 1. The molecule has 0 aromatic heterocycles. The van der Waals surface area contributed by atoms with E-state index in [2.05, 4.69) is 5.32 Å². The Kier molecular flexibility index (Phi) is 5.83. The van der Waals surface area contributed by atoms with Gasteiger partial charge < -0.3 is 14.8 Å². The maximum atomic E-state index is 11.9. The van der Waals surface area contributed by atoms with Crippen LogP contribution in [0.15, 0.2) is 48.5 Å². The fourth-order valence-corrected chi connectivity index (χ4v) is 2.08. The van der Waals surface area contributed by atoms with Crippen molar-refractivity contribution in [2.75, 3.05) is 20.3 Å². The van der Waals surface area contributed by atoms with Crippen molar-refractivity contribution in [3.8, 4) is 11.5 Å². The molecule has 0 radical (unpaired) electrons. The molecule has 0 spiro atoms. The highest BCUT2D eigenvalue weighted by Crippen LogP contribution is 2.16. The number of amides is 1. The second-order valence-electron chi connectivity index (χ2n) is 4.98. The minimum Gasteiger partial charge on any atom is -0.497 e. The Morgan fingerprint density at radius 3 is 2.41 bits per heavy atom. The van der Waals surface area contributed by atoms with Gasteiger partial charge in [0, 0.05) is 0 Å². The molecule has 0 unspecified atom stereocenters. The van der Waals surface area contributed by atoms with Gasteiger partial charge in [-0.3, -0.25) is 4.79 Å². The first-order valence-electron chi connectivity index (χ1n) is 7.27. The number of benzene rings is 2. The summed E-state index contributed by atoms with van der Waals surface area (Å²) < 4.78 is 10.6.